The second-order valence-corrected chi connectivity index (χ2v) is 10.9. The maximum atomic E-state index is 13.3. The number of carbonyl (C=O) groups is 1. The van der Waals surface area contributed by atoms with Gasteiger partial charge in [0.05, 0.1) is 29.4 Å². The summed E-state index contributed by atoms with van der Waals surface area (Å²) in [6.45, 7) is 2.65. The highest BCUT2D eigenvalue weighted by molar-refractivity contribution is 7.90. The van der Waals surface area contributed by atoms with Gasteiger partial charge in [0.15, 0.2) is 15.0 Å². The molecule has 0 fully saturated rings. The number of sulfone groups is 1. The number of hydrogen-bond donors (Lipinski definition) is 0. The van der Waals surface area contributed by atoms with Crippen LogP contribution in [0.4, 0.5) is 5.13 Å². The van der Waals surface area contributed by atoms with Gasteiger partial charge in [0.2, 0.25) is 5.91 Å². The molecule has 2 aromatic carbocycles. The zero-order chi connectivity index (χ0) is 24.0. The number of ether oxygens (including phenoxy) is 1. The lowest BCUT2D eigenvalue weighted by molar-refractivity contribution is -0.118. The molecule has 0 radical (unpaired) electrons. The number of amides is 1. The molecule has 0 aliphatic heterocycles. The fourth-order valence-electron chi connectivity index (χ4n) is 3.51. The highest BCUT2D eigenvalue weighted by Gasteiger charge is 2.23. The minimum atomic E-state index is -3.45. The van der Waals surface area contributed by atoms with Gasteiger partial charge in [-0.2, -0.15) is 0 Å². The van der Waals surface area contributed by atoms with Crippen molar-refractivity contribution in [1.82, 2.24) is 9.97 Å². The molecule has 2 heterocycles. The minimum absolute atomic E-state index is 0.0947. The van der Waals surface area contributed by atoms with Crippen molar-refractivity contribution in [2.45, 2.75) is 25.6 Å². The fourth-order valence-corrected chi connectivity index (χ4v) is 5.84. The first-order chi connectivity index (χ1) is 16.4. The van der Waals surface area contributed by atoms with Crippen LogP contribution in [-0.4, -0.2) is 36.7 Å². The number of pyridine rings is 1. The summed E-state index contributed by atoms with van der Waals surface area (Å²) < 4.78 is 31.9. The number of fused-ring (bicyclic) bond motifs is 1. The molecule has 0 aliphatic carbocycles. The van der Waals surface area contributed by atoms with Gasteiger partial charge in [0.25, 0.3) is 0 Å². The van der Waals surface area contributed by atoms with Gasteiger partial charge in [-0.3, -0.25) is 14.7 Å². The number of para-hydroxylation sites is 1. The number of thiazole rings is 1. The van der Waals surface area contributed by atoms with Crippen LogP contribution < -0.4 is 9.64 Å². The summed E-state index contributed by atoms with van der Waals surface area (Å²) in [5.74, 6) is 0.0151. The van der Waals surface area contributed by atoms with E-state index >= 15 is 0 Å². The zero-order valence-corrected chi connectivity index (χ0v) is 20.4. The van der Waals surface area contributed by atoms with E-state index in [-0.39, 0.29) is 30.4 Å². The normalized spacial score (nSPS) is 11.4. The third-order valence-electron chi connectivity index (χ3n) is 5.12. The Balaban J connectivity index is 1.58. The molecule has 0 unspecified atom stereocenters. The quantitative estimate of drug-likeness (QED) is 0.319. The third-order valence-corrected chi connectivity index (χ3v) is 7.77. The van der Waals surface area contributed by atoms with E-state index in [2.05, 4.69) is 9.97 Å². The number of benzene rings is 2. The molecule has 9 heteroatoms. The molecule has 0 spiro atoms. The molecule has 1 amide bonds. The van der Waals surface area contributed by atoms with Gasteiger partial charge in [-0.1, -0.05) is 53.8 Å². The first-order valence-electron chi connectivity index (χ1n) is 10.9. The van der Waals surface area contributed by atoms with Crippen LogP contribution in [-0.2, 0) is 26.9 Å². The van der Waals surface area contributed by atoms with E-state index < -0.39 is 9.84 Å². The molecule has 0 N–H and O–H groups in total. The van der Waals surface area contributed by atoms with E-state index in [1.165, 1.54) is 16.2 Å². The highest BCUT2D eigenvalue weighted by atomic mass is 32.2. The largest absolute Gasteiger partial charge is 0.492 e. The Labute approximate surface area is 203 Å². The van der Waals surface area contributed by atoms with Crippen LogP contribution in [0.5, 0.6) is 5.75 Å². The van der Waals surface area contributed by atoms with E-state index in [4.69, 9.17) is 4.74 Å². The summed E-state index contributed by atoms with van der Waals surface area (Å²) >= 11 is 1.37. The van der Waals surface area contributed by atoms with Crippen molar-refractivity contribution in [3.8, 4) is 5.75 Å². The summed E-state index contributed by atoms with van der Waals surface area (Å²) in [6.07, 6.45) is 3.22. The predicted octanol–water partition coefficient (Wildman–Crippen LogP) is 4.63. The molecule has 0 saturated heterocycles. The van der Waals surface area contributed by atoms with Crippen LogP contribution in [0.15, 0.2) is 73.1 Å². The van der Waals surface area contributed by atoms with Crippen molar-refractivity contribution < 1.29 is 17.9 Å². The molecule has 34 heavy (non-hydrogen) atoms. The number of hydrogen-bond acceptors (Lipinski definition) is 7. The SMILES string of the molecule is CCOc1cccc2sc(N(Cc3cccnc3)C(=O)CCS(=O)(=O)Cc3ccccc3)nc12. The second kappa shape index (κ2) is 10.8. The van der Waals surface area contributed by atoms with Crippen LogP contribution in [0, 0.1) is 0 Å². The van der Waals surface area contributed by atoms with Crippen molar-refractivity contribution in [2.75, 3.05) is 17.3 Å². The molecular weight excluding hydrogens is 470 g/mol. The molecule has 0 aliphatic rings. The lowest BCUT2D eigenvalue weighted by Crippen LogP contribution is -2.32. The molecule has 7 nitrogen and oxygen atoms in total. The molecule has 2 aromatic heterocycles. The first-order valence-corrected chi connectivity index (χ1v) is 13.5. The van der Waals surface area contributed by atoms with Crippen molar-refractivity contribution >= 4 is 42.4 Å². The Morgan fingerprint density at radius 3 is 2.56 bits per heavy atom. The number of aromatic nitrogens is 2. The van der Waals surface area contributed by atoms with Gasteiger partial charge in [-0.05, 0) is 36.2 Å². The maximum Gasteiger partial charge on any atom is 0.230 e. The van der Waals surface area contributed by atoms with Gasteiger partial charge < -0.3 is 4.74 Å². The van der Waals surface area contributed by atoms with Crippen LogP contribution >= 0.6 is 11.3 Å². The van der Waals surface area contributed by atoms with E-state index in [9.17, 15) is 13.2 Å². The molecule has 0 saturated carbocycles. The van der Waals surface area contributed by atoms with Crippen LogP contribution in [0.3, 0.4) is 0 Å². The standard InChI is InChI=1S/C25H25N3O4S2/c1-2-32-21-11-6-12-22-24(21)27-25(33-22)28(17-20-10-7-14-26-16-20)23(29)13-15-34(30,31)18-19-8-4-3-5-9-19/h3-12,14,16H,2,13,15,17-18H2,1H3. The highest BCUT2D eigenvalue weighted by Crippen LogP contribution is 2.35. The van der Waals surface area contributed by atoms with Gasteiger partial charge >= 0.3 is 0 Å². The minimum Gasteiger partial charge on any atom is -0.492 e. The average molecular weight is 496 g/mol. The molecule has 176 valence electrons. The molecule has 0 atom stereocenters. The lowest BCUT2D eigenvalue weighted by Gasteiger charge is -2.20. The molecule has 4 rings (SSSR count). The predicted molar refractivity (Wildman–Crippen MR) is 135 cm³/mol. The van der Waals surface area contributed by atoms with Crippen LogP contribution in [0.2, 0.25) is 0 Å². The Kier molecular flexibility index (Phi) is 7.54. The number of nitrogens with zero attached hydrogens (tertiary/aromatic N) is 3. The van der Waals surface area contributed by atoms with Crippen LogP contribution in [0.25, 0.3) is 10.2 Å². The smallest absolute Gasteiger partial charge is 0.230 e. The Hall–Kier alpha value is -3.30. The van der Waals surface area contributed by atoms with Gasteiger partial charge in [0.1, 0.15) is 11.3 Å². The number of anilines is 1. The summed E-state index contributed by atoms with van der Waals surface area (Å²) in [6, 6.07) is 18.3. The zero-order valence-electron chi connectivity index (χ0n) is 18.8. The number of rotatable bonds is 10. The maximum absolute atomic E-state index is 13.3. The second-order valence-electron chi connectivity index (χ2n) is 7.70. The lowest BCUT2D eigenvalue weighted by atomic mass is 10.2. The van der Waals surface area contributed by atoms with E-state index in [0.29, 0.717) is 28.6 Å². The Morgan fingerprint density at radius 1 is 1.03 bits per heavy atom. The molecule has 0 bridgehead atoms. The van der Waals surface area contributed by atoms with Crippen molar-refractivity contribution in [2.24, 2.45) is 0 Å². The average Bonchev–Trinajstić information content (AvgIpc) is 3.27. The third kappa shape index (κ3) is 5.98. The van der Waals surface area contributed by atoms with Crippen molar-refractivity contribution in [1.29, 1.82) is 0 Å². The summed E-state index contributed by atoms with van der Waals surface area (Å²) in [5, 5.41) is 0.497. The van der Waals surface area contributed by atoms with Crippen molar-refractivity contribution in [3.63, 3.8) is 0 Å². The topological polar surface area (TPSA) is 89.5 Å². The van der Waals surface area contributed by atoms with Gasteiger partial charge in [-0.25, -0.2) is 13.4 Å². The summed E-state index contributed by atoms with van der Waals surface area (Å²) in [7, 11) is -3.45. The van der Waals surface area contributed by atoms with Gasteiger partial charge in [-0.15, -0.1) is 0 Å². The van der Waals surface area contributed by atoms with Crippen molar-refractivity contribution in [3.05, 3.63) is 84.2 Å². The van der Waals surface area contributed by atoms with Gasteiger partial charge in [0, 0.05) is 18.8 Å². The van der Waals surface area contributed by atoms with E-state index in [1.54, 1.807) is 42.7 Å². The van der Waals surface area contributed by atoms with E-state index in [1.807, 2.05) is 37.3 Å². The molecule has 4 aromatic rings. The summed E-state index contributed by atoms with van der Waals surface area (Å²) in [4.78, 5) is 23.7. The van der Waals surface area contributed by atoms with Crippen LogP contribution in [0.1, 0.15) is 24.5 Å². The first kappa shape index (κ1) is 23.8. The van der Waals surface area contributed by atoms with E-state index in [0.717, 1.165) is 10.3 Å². The fraction of sp³-hybridized carbons (Fsp3) is 0.240. The molecular formula is C25H25N3O4S2. The number of carbonyl (C=O) groups excluding carboxylic acids is 1. The summed E-state index contributed by atoms with van der Waals surface area (Å²) in [5.41, 5.74) is 2.22. The monoisotopic (exact) mass is 495 g/mol. The Bertz CT molecular complexity index is 1360. The Morgan fingerprint density at radius 2 is 1.82 bits per heavy atom.